The monoisotopic (exact) mass is 411 g/mol. The first-order valence-corrected chi connectivity index (χ1v) is 10.3. The lowest BCUT2D eigenvalue weighted by Gasteiger charge is -2.25. The van der Waals surface area contributed by atoms with Gasteiger partial charge >= 0.3 is 0 Å². The quantitative estimate of drug-likeness (QED) is 0.541. The third-order valence-corrected chi connectivity index (χ3v) is 4.69. The molecule has 0 aliphatic rings. The third kappa shape index (κ3) is 5.68. The van der Waals surface area contributed by atoms with Crippen LogP contribution in [0, 0.1) is 18.7 Å². The Hall–Kier alpha value is -2.70. The summed E-state index contributed by atoms with van der Waals surface area (Å²) in [5, 5.41) is 14.7. The predicted molar refractivity (Wildman–Crippen MR) is 117 cm³/mol. The van der Waals surface area contributed by atoms with Gasteiger partial charge in [-0.3, -0.25) is 4.90 Å². The zero-order valence-electron chi connectivity index (χ0n) is 18.0. The predicted octanol–water partition coefficient (Wildman–Crippen LogP) is 4.95. The second-order valence-electron chi connectivity index (χ2n) is 8.11. The van der Waals surface area contributed by atoms with Crippen molar-refractivity contribution in [2.24, 2.45) is 5.92 Å². The molecule has 160 valence electrons. The van der Waals surface area contributed by atoms with Gasteiger partial charge in [-0.25, -0.2) is 9.07 Å². The molecule has 0 saturated heterocycles. The summed E-state index contributed by atoms with van der Waals surface area (Å²) in [6, 6.07) is 15.8. The van der Waals surface area contributed by atoms with E-state index in [0.29, 0.717) is 30.6 Å². The minimum absolute atomic E-state index is 0.310. The standard InChI is InChI=1S/C24H30FN3O2/c1-17(2)14-27(15-18(3)29)16-23-19(4)26-28(21-8-6-5-7-9-21)24(23)30-22-12-10-20(25)11-13-22/h5-13,17-18,29H,14-16H2,1-4H3. The summed E-state index contributed by atoms with van der Waals surface area (Å²) in [5.41, 5.74) is 2.69. The number of aliphatic hydroxyl groups is 1. The molecule has 1 unspecified atom stereocenters. The van der Waals surface area contributed by atoms with Gasteiger partial charge in [0.1, 0.15) is 11.6 Å². The SMILES string of the molecule is Cc1nn(-c2ccccc2)c(Oc2ccc(F)cc2)c1CN(CC(C)C)CC(C)O. The molecule has 30 heavy (non-hydrogen) atoms. The number of benzene rings is 2. The van der Waals surface area contributed by atoms with Gasteiger partial charge in [0.2, 0.25) is 5.88 Å². The van der Waals surface area contributed by atoms with Gasteiger partial charge in [0.15, 0.2) is 0 Å². The Morgan fingerprint density at radius 3 is 2.30 bits per heavy atom. The van der Waals surface area contributed by atoms with E-state index < -0.39 is 6.10 Å². The van der Waals surface area contributed by atoms with Crippen LogP contribution < -0.4 is 4.74 Å². The largest absolute Gasteiger partial charge is 0.439 e. The van der Waals surface area contributed by atoms with Gasteiger partial charge in [-0.2, -0.15) is 5.10 Å². The Bertz CT molecular complexity index is 927. The third-order valence-electron chi connectivity index (χ3n) is 4.69. The second-order valence-corrected chi connectivity index (χ2v) is 8.11. The number of nitrogens with zero attached hydrogens (tertiary/aromatic N) is 3. The zero-order chi connectivity index (χ0) is 21.7. The first-order valence-electron chi connectivity index (χ1n) is 10.3. The number of ether oxygens (including phenoxy) is 1. The lowest BCUT2D eigenvalue weighted by Crippen LogP contribution is -2.33. The molecule has 0 radical (unpaired) electrons. The molecule has 6 heteroatoms. The molecule has 3 aromatic rings. The Kier molecular flexibility index (Phi) is 7.24. The first-order chi connectivity index (χ1) is 14.3. The fraction of sp³-hybridized carbons (Fsp3) is 0.375. The van der Waals surface area contributed by atoms with Crippen molar-refractivity contribution in [3.05, 3.63) is 71.7 Å². The molecule has 1 aromatic heterocycles. The van der Waals surface area contributed by atoms with Crippen molar-refractivity contribution in [3.8, 4) is 17.3 Å². The van der Waals surface area contributed by atoms with Crippen LogP contribution in [0.25, 0.3) is 5.69 Å². The maximum absolute atomic E-state index is 13.4. The first kappa shape index (κ1) is 22.0. The van der Waals surface area contributed by atoms with Crippen molar-refractivity contribution < 1.29 is 14.2 Å². The van der Waals surface area contributed by atoms with E-state index in [9.17, 15) is 9.50 Å². The zero-order valence-corrected chi connectivity index (χ0v) is 18.0. The summed E-state index contributed by atoms with van der Waals surface area (Å²) in [6.07, 6.45) is -0.435. The van der Waals surface area contributed by atoms with Crippen LogP contribution >= 0.6 is 0 Å². The Labute approximate surface area is 177 Å². The Morgan fingerprint density at radius 2 is 1.70 bits per heavy atom. The number of aryl methyl sites for hydroxylation is 1. The van der Waals surface area contributed by atoms with E-state index in [1.54, 1.807) is 23.7 Å². The summed E-state index contributed by atoms with van der Waals surface area (Å²) < 4.78 is 21.4. The molecule has 3 rings (SSSR count). The smallest absolute Gasteiger partial charge is 0.227 e. The van der Waals surface area contributed by atoms with Gasteiger partial charge in [-0.15, -0.1) is 0 Å². The number of rotatable bonds is 9. The molecule has 2 aromatic carbocycles. The van der Waals surface area contributed by atoms with E-state index in [1.165, 1.54) is 12.1 Å². The highest BCUT2D eigenvalue weighted by molar-refractivity contribution is 5.43. The van der Waals surface area contributed by atoms with Crippen molar-refractivity contribution in [1.82, 2.24) is 14.7 Å². The number of halogens is 1. The molecule has 0 aliphatic heterocycles. The van der Waals surface area contributed by atoms with E-state index in [-0.39, 0.29) is 5.82 Å². The van der Waals surface area contributed by atoms with Crippen molar-refractivity contribution in [1.29, 1.82) is 0 Å². The molecule has 0 aliphatic carbocycles. The molecule has 1 atom stereocenters. The minimum Gasteiger partial charge on any atom is -0.439 e. The summed E-state index contributed by atoms with van der Waals surface area (Å²) in [7, 11) is 0. The van der Waals surface area contributed by atoms with Crippen molar-refractivity contribution in [2.45, 2.75) is 40.3 Å². The van der Waals surface area contributed by atoms with Crippen LogP contribution in [0.3, 0.4) is 0 Å². The van der Waals surface area contributed by atoms with Gasteiger partial charge in [0.05, 0.1) is 23.0 Å². The van der Waals surface area contributed by atoms with E-state index in [2.05, 4.69) is 18.7 Å². The topological polar surface area (TPSA) is 50.5 Å². The van der Waals surface area contributed by atoms with Crippen LogP contribution in [0.5, 0.6) is 11.6 Å². The van der Waals surface area contributed by atoms with E-state index >= 15 is 0 Å². The lowest BCUT2D eigenvalue weighted by molar-refractivity contribution is 0.114. The molecule has 0 fully saturated rings. The van der Waals surface area contributed by atoms with Crippen molar-refractivity contribution in [2.75, 3.05) is 13.1 Å². The van der Waals surface area contributed by atoms with Gasteiger partial charge in [-0.05, 0) is 56.2 Å². The van der Waals surface area contributed by atoms with Crippen LogP contribution in [0.1, 0.15) is 32.0 Å². The summed E-state index contributed by atoms with van der Waals surface area (Å²) in [5.74, 6) is 1.29. The number of aliphatic hydroxyl groups excluding tert-OH is 1. The van der Waals surface area contributed by atoms with Crippen molar-refractivity contribution in [3.63, 3.8) is 0 Å². The summed E-state index contributed by atoms with van der Waals surface area (Å²) in [6.45, 7) is 10.1. The van der Waals surface area contributed by atoms with Crippen LogP contribution in [-0.2, 0) is 6.54 Å². The van der Waals surface area contributed by atoms with E-state index in [0.717, 1.165) is 23.5 Å². The molecule has 5 nitrogen and oxygen atoms in total. The van der Waals surface area contributed by atoms with Gasteiger partial charge < -0.3 is 9.84 Å². The maximum atomic E-state index is 13.4. The molecule has 1 heterocycles. The average molecular weight is 412 g/mol. The number of hydrogen-bond donors (Lipinski definition) is 1. The molecule has 1 N–H and O–H groups in total. The Morgan fingerprint density at radius 1 is 1.03 bits per heavy atom. The molecule has 0 spiro atoms. The lowest BCUT2D eigenvalue weighted by atomic mass is 10.1. The van der Waals surface area contributed by atoms with E-state index in [1.807, 2.05) is 37.3 Å². The van der Waals surface area contributed by atoms with Crippen LogP contribution in [-0.4, -0.2) is 39.0 Å². The van der Waals surface area contributed by atoms with Gasteiger partial charge in [0, 0.05) is 19.6 Å². The van der Waals surface area contributed by atoms with Crippen LogP contribution in [0.15, 0.2) is 54.6 Å². The van der Waals surface area contributed by atoms with Gasteiger partial charge in [0.25, 0.3) is 0 Å². The van der Waals surface area contributed by atoms with E-state index in [4.69, 9.17) is 9.84 Å². The average Bonchev–Trinajstić information content (AvgIpc) is 2.99. The fourth-order valence-corrected chi connectivity index (χ4v) is 3.50. The molecule has 0 bridgehead atoms. The fourth-order valence-electron chi connectivity index (χ4n) is 3.50. The van der Waals surface area contributed by atoms with Crippen molar-refractivity contribution >= 4 is 0 Å². The maximum Gasteiger partial charge on any atom is 0.227 e. The number of para-hydroxylation sites is 1. The van der Waals surface area contributed by atoms with Gasteiger partial charge in [-0.1, -0.05) is 32.0 Å². The minimum atomic E-state index is -0.435. The molecule has 0 saturated carbocycles. The highest BCUT2D eigenvalue weighted by atomic mass is 19.1. The number of hydrogen-bond acceptors (Lipinski definition) is 4. The highest BCUT2D eigenvalue weighted by Gasteiger charge is 2.22. The summed E-state index contributed by atoms with van der Waals surface area (Å²) in [4.78, 5) is 2.21. The van der Waals surface area contributed by atoms with Crippen LogP contribution in [0.2, 0.25) is 0 Å². The normalized spacial score (nSPS) is 12.5. The number of aromatic nitrogens is 2. The molecular weight excluding hydrogens is 381 g/mol. The molecular formula is C24H30FN3O2. The summed E-state index contributed by atoms with van der Waals surface area (Å²) >= 11 is 0. The molecule has 0 amide bonds. The Balaban J connectivity index is 2.02. The van der Waals surface area contributed by atoms with Crippen LogP contribution in [0.4, 0.5) is 4.39 Å². The second kappa shape index (κ2) is 9.87. The highest BCUT2D eigenvalue weighted by Crippen LogP contribution is 2.32.